The third-order valence-electron chi connectivity index (χ3n) is 3.97. The Labute approximate surface area is 160 Å². The van der Waals surface area contributed by atoms with Crippen LogP contribution < -0.4 is 10.6 Å². The number of rotatable bonds is 5. The van der Waals surface area contributed by atoms with E-state index in [4.69, 9.17) is 0 Å². The molecule has 1 aliphatic heterocycles. The van der Waals surface area contributed by atoms with Crippen LogP contribution in [0.4, 0.5) is 15.8 Å². The SMILES string of the molecule is CC(CS(=O)(=O)c1ccc2c(c1)NC(=O)CS2)C(=O)Nc1ccc(F)cc1. The minimum absolute atomic E-state index is 0.0467. The summed E-state index contributed by atoms with van der Waals surface area (Å²) in [6.45, 7) is 1.51. The third kappa shape index (κ3) is 4.67. The Balaban J connectivity index is 1.71. The van der Waals surface area contributed by atoms with Gasteiger partial charge in [0.15, 0.2) is 9.84 Å². The van der Waals surface area contributed by atoms with Crippen LogP contribution in [0, 0.1) is 11.7 Å². The Morgan fingerprint density at radius 3 is 2.67 bits per heavy atom. The molecular formula is C18H17FN2O4S2. The number of carbonyl (C=O) groups is 2. The normalized spacial score (nSPS) is 14.8. The lowest BCUT2D eigenvalue weighted by Gasteiger charge is -2.18. The van der Waals surface area contributed by atoms with Gasteiger partial charge in [0.2, 0.25) is 11.8 Å². The fourth-order valence-electron chi connectivity index (χ4n) is 2.56. The Hall–Kier alpha value is -2.39. The molecule has 1 heterocycles. The molecule has 0 bridgehead atoms. The first-order valence-electron chi connectivity index (χ1n) is 8.10. The number of fused-ring (bicyclic) bond motifs is 1. The van der Waals surface area contributed by atoms with E-state index >= 15 is 0 Å². The topological polar surface area (TPSA) is 92.3 Å². The van der Waals surface area contributed by atoms with E-state index in [0.29, 0.717) is 17.1 Å². The fraction of sp³-hybridized carbons (Fsp3) is 0.222. The average molecular weight is 408 g/mol. The minimum Gasteiger partial charge on any atom is -0.326 e. The number of carbonyl (C=O) groups excluding carboxylic acids is 2. The van der Waals surface area contributed by atoms with Crippen LogP contribution in [-0.2, 0) is 19.4 Å². The number of amides is 2. The van der Waals surface area contributed by atoms with Crippen molar-refractivity contribution in [1.82, 2.24) is 0 Å². The van der Waals surface area contributed by atoms with Crippen LogP contribution in [-0.4, -0.2) is 31.7 Å². The molecule has 0 saturated carbocycles. The average Bonchev–Trinajstić information content (AvgIpc) is 2.62. The quantitative estimate of drug-likeness (QED) is 0.794. The summed E-state index contributed by atoms with van der Waals surface area (Å²) in [7, 11) is -3.74. The lowest BCUT2D eigenvalue weighted by molar-refractivity contribution is -0.118. The number of sulfone groups is 1. The molecule has 0 spiro atoms. The third-order valence-corrected chi connectivity index (χ3v) is 6.96. The van der Waals surface area contributed by atoms with E-state index in [2.05, 4.69) is 10.6 Å². The highest BCUT2D eigenvalue weighted by Gasteiger charge is 2.25. The van der Waals surface area contributed by atoms with Crippen molar-refractivity contribution in [3.63, 3.8) is 0 Å². The van der Waals surface area contributed by atoms with Gasteiger partial charge >= 0.3 is 0 Å². The van der Waals surface area contributed by atoms with Gasteiger partial charge in [0, 0.05) is 16.5 Å². The molecule has 1 aliphatic rings. The lowest BCUT2D eigenvalue weighted by Crippen LogP contribution is -2.27. The Bertz CT molecular complexity index is 991. The molecule has 2 amide bonds. The summed E-state index contributed by atoms with van der Waals surface area (Å²) in [5, 5.41) is 5.22. The number of nitrogens with one attached hydrogen (secondary N) is 2. The maximum Gasteiger partial charge on any atom is 0.234 e. The van der Waals surface area contributed by atoms with E-state index in [1.54, 1.807) is 6.07 Å². The number of anilines is 2. The van der Waals surface area contributed by atoms with Gasteiger partial charge < -0.3 is 10.6 Å². The summed E-state index contributed by atoms with van der Waals surface area (Å²) in [6.07, 6.45) is 0. The van der Waals surface area contributed by atoms with E-state index < -0.39 is 27.5 Å². The molecule has 0 radical (unpaired) electrons. The summed E-state index contributed by atoms with van der Waals surface area (Å²) in [6, 6.07) is 9.75. The first kappa shape index (κ1) is 19.4. The first-order valence-corrected chi connectivity index (χ1v) is 10.7. The number of halogens is 1. The summed E-state index contributed by atoms with van der Waals surface area (Å²) < 4.78 is 38.2. The van der Waals surface area contributed by atoms with Gasteiger partial charge in [-0.15, -0.1) is 11.8 Å². The van der Waals surface area contributed by atoms with Crippen molar-refractivity contribution in [3.8, 4) is 0 Å². The van der Waals surface area contributed by atoms with E-state index in [1.807, 2.05) is 0 Å². The molecule has 3 rings (SSSR count). The second-order valence-corrected chi connectivity index (χ2v) is 9.22. The highest BCUT2D eigenvalue weighted by Crippen LogP contribution is 2.33. The zero-order valence-electron chi connectivity index (χ0n) is 14.4. The molecule has 142 valence electrons. The first-order chi connectivity index (χ1) is 12.7. The summed E-state index contributed by atoms with van der Waals surface area (Å²) >= 11 is 1.34. The van der Waals surface area contributed by atoms with Crippen molar-refractivity contribution in [1.29, 1.82) is 0 Å². The van der Waals surface area contributed by atoms with E-state index in [1.165, 1.54) is 55.1 Å². The molecule has 0 aromatic heterocycles. The van der Waals surface area contributed by atoms with Crippen molar-refractivity contribution in [2.45, 2.75) is 16.7 Å². The second kappa shape index (κ2) is 7.69. The number of hydrogen-bond donors (Lipinski definition) is 2. The van der Waals surface area contributed by atoms with E-state index in [0.717, 1.165) is 4.90 Å². The lowest BCUT2D eigenvalue weighted by atomic mass is 10.2. The van der Waals surface area contributed by atoms with Crippen molar-refractivity contribution in [2.75, 3.05) is 22.1 Å². The Morgan fingerprint density at radius 2 is 1.96 bits per heavy atom. The maximum atomic E-state index is 12.9. The molecule has 2 aromatic carbocycles. The Kier molecular flexibility index (Phi) is 5.52. The zero-order chi connectivity index (χ0) is 19.6. The van der Waals surface area contributed by atoms with Crippen LogP contribution in [0.1, 0.15) is 6.92 Å². The second-order valence-electron chi connectivity index (χ2n) is 6.17. The predicted molar refractivity (Wildman–Crippen MR) is 102 cm³/mol. The van der Waals surface area contributed by atoms with Crippen LogP contribution >= 0.6 is 11.8 Å². The van der Waals surface area contributed by atoms with Crippen molar-refractivity contribution >= 4 is 44.8 Å². The standard InChI is InChI=1S/C18H17FN2O4S2/c1-11(18(23)20-13-4-2-12(19)3-5-13)10-27(24,25)14-6-7-16-15(8-14)21-17(22)9-26-16/h2-8,11H,9-10H2,1H3,(H,20,23)(H,21,22). The van der Waals surface area contributed by atoms with Gasteiger partial charge in [-0.05, 0) is 42.5 Å². The largest absolute Gasteiger partial charge is 0.326 e. The van der Waals surface area contributed by atoms with Crippen LogP contribution in [0.3, 0.4) is 0 Å². The van der Waals surface area contributed by atoms with Crippen LogP contribution in [0.5, 0.6) is 0 Å². The molecule has 0 fully saturated rings. The molecule has 2 N–H and O–H groups in total. The van der Waals surface area contributed by atoms with E-state index in [-0.39, 0.29) is 16.6 Å². The van der Waals surface area contributed by atoms with Gasteiger partial charge in [-0.2, -0.15) is 0 Å². The molecular weight excluding hydrogens is 391 g/mol. The highest BCUT2D eigenvalue weighted by molar-refractivity contribution is 8.00. The molecule has 9 heteroatoms. The predicted octanol–water partition coefficient (Wildman–Crippen LogP) is 2.92. The maximum absolute atomic E-state index is 12.9. The molecule has 1 atom stereocenters. The van der Waals surface area contributed by atoms with Crippen molar-refractivity contribution in [3.05, 3.63) is 48.3 Å². The van der Waals surface area contributed by atoms with Gasteiger partial charge in [-0.25, -0.2) is 12.8 Å². The van der Waals surface area contributed by atoms with Crippen molar-refractivity contribution < 1.29 is 22.4 Å². The van der Waals surface area contributed by atoms with Crippen LogP contribution in [0.25, 0.3) is 0 Å². The summed E-state index contributed by atoms with van der Waals surface area (Å²) in [5.41, 5.74) is 0.847. The highest BCUT2D eigenvalue weighted by atomic mass is 32.2. The smallest absolute Gasteiger partial charge is 0.234 e. The number of thioether (sulfide) groups is 1. The zero-order valence-corrected chi connectivity index (χ0v) is 16.0. The minimum atomic E-state index is -3.74. The van der Waals surface area contributed by atoms with Gasteiger partial charge in [-0.1, -0.05) is 6.92 Å². The summed E-state index contributed by atoms with van der Waals surface area (Å²) in [5.74, 6) is -2.01. The van der Waals surface area contributed by atoms with Gasteiger partial charge in [-0.3, -0.25) is 9.59 Å². The molecule has 2 aromatic rings. The molecule has 0 saturated heterocycles. The number of benzene rings is 2. The molecule has 0 aliphatic carbocycles. The monoisotopic (exact) mass is 408 g/mol. The van der Waals surface area contributed by atoms with Crippen molar-refractivity contribution in [2.24, 2.45) is 5.92 Å². The van der Waals surface area contributed by atoms with Crippen LogP contribution in [0.2, 0.25) is 0 Å². The Morgan fingerprint density at radius 1 is 1.26 bits per heavy atom. The van der Waals surface area contributed by atoms with Gasteiger partial charge in [0.05, 0.1) is 22.1 Å². The van der Waals surface area contributed by atoms with Crippen LogP contribution in [0.15, 0.2) is 52.3 Å². The fourth-order valence-corrected chi connectivity index (χ4v) is 4.92. The van der Waals surface area contributed by atoms with E-state index in [9.17, 15) is 22.4 Å². The molecule has 1 unspecified atom stereocenters. The number of hydrogen-bond acceptors (Lipinski definition) is 5. The molecule has 6 nitrogen and oxygen atoms in total. The van der Waals surface area contributed by atoms with Gasteiger partial charge in [0.25, 0.3) is 0 Å². The summed E-state index contributed by atoms with van der Waals surface area (Å²) in [4.78, 5) is 24.6. The molecule has 27 heavy (non-hydrogen) atoms. The van der Waals surface area contributed by atoms with Gasteiger partial charge in [0.1, 0.15) is 5.82 Å².